The predicted molar refractivity (Wildman–Crippen MR) is 54.5 cm³/mol. The number of rotatable bonds is 2. The first-order valence-corrected chi connectivity index (χ1v) is 5.00. The van der Waals surface area contributed by atoms with Crippen molar-refractivity contribution in [2.75, 3.05) is 0 Å². The number of carboxylic acid groups (broad SMARTS) is 1. The Bertz CT molecular complexity index is 383. The van der Waals surface area contributed by atoms with Gasteiger partial charge in [0.2, 0.25) is 0 Å². The summed E-state index contributed by atoms with van der Waals surface area (Å²) in [6, 6.07) is 9.17. The maximum absolute atomic E-state index is 11.6. The smallest absolute Gasteiger partial charge is 0.307 e. The van der Waals surface area contributed by atoms with Crippen molar-refractivity contribution in [2.45, 2.75) is 18.8 Å². The minimum atomic E-state index is -0.866. The SMILES string of the molecule is O=C(O)[C@H]1CCC(=O)[C@H]1c1ccccc1. The molecule has 2 atom stereocenters. The van der Waals surface area contributed by atoms with E-state index in [1.54, 1.807) is 0 Å². The number of aliphatic carboxylic acids is 1. The van der Waals surface area contributed by atoms with Crippen molar-refractivity contribution in [3.05, 3.63) is 35.9 Å². The molecule has 1 aromatic rings. The first-order chi connectivity index (χ1) is 7.20. The highest BCUT2D eigenvalue weighted by molar-refractivity contribution is 5.93. The van der Waals surface area contributed by atoms with Crippen molar-refractivity contribution >= 4 is 11.8 Å². The van der Waals surface area contributed by atoms with Crippen LogP contribution >= 0.6 is 0 Å². The van der Waals surface area contributed by atoms with Crippen LogP contribution in [0.15, 0.2) is 30.3 Å². The molecule has 0 heterocycles. The van der Waals surface area contributed by atoms with E-state index >= 15 is 0 Å². The summed E-state index contributed by atoms with van der Waals surface area (Å²) in [5.74, 6) is -1.80. The zero-order chi connectivity index (χ0) is 10.8. The summed E-state index contributed by atoms with van der Waals surface area (Å²) in [4.78, 5) is 22.6. The van der Waals surface area contributed by atoms with Gasteiger partial charge in [-0.2, -0.15) is 0 Å². The van der Waals surface area contributed by atoms with E-state index in [9.17, 15) is 9.59 Å². The molecule has 0 saturated heterocycles. The van der Waals surface area contributed by atoms with E-state index in [0.29, 0.717) is 12.8 Å². The zero-order valence-electron chi connectivity index (χ0n) is 8.22. The normalized spacial score (nSPS) is 25.5. The van der Waals surface area contributed by atoms with Gasteiger partial charge < -0.3 is 5.11 Å². The second-order valence-corrected chi connectivity index (χ2v) is 3.84. The molecule has 0 unspecified atom stereocenters. The van der Waals surface area contributed by atoms with E-state index in [1.165, 1.54) is 0 Å². The van der Waals surface area contributed by atoms with Gasteiger partial charge in [0.05, 0.1) is 11.8 Å². The van der Waals surface area contributed by atoms with Crippen LogP contribution in [0, 0.1) is 5.92 Å². The number of hydrogen-bond donors (Lipinski definition) is 1. The predicted octanol–water partition coefficient (Wildman–Crippen LogP) is 1.83. The molecular weight excluding hydrogens is 192 g/mol. The minimum absolute atomic E-state index is 0.0496. The van der Waals surface area contributed by atoms with Gasteiger partial charge in [0, 0.05) is 6.42 Å². The molecule has 1 aliphatic carbocycles. The van der Waals surface area contributed by atoms with Crippen LogP contribution in [0.1, 0.15) is 24.3 Å². The summed E-state index contributed by atoms with van der Waals surface area (Å²) in [5, 5.41) is 9.01. The van der Waals surface area contributed by atoms with Gasteiger partial charge in [-0.25, -0.2) is 0 Å². The molecule has 15 heavy (non-hydrogen) atoms. The van der Waals surface area contributed by atoms with Gasteiger partial charge in [0.1, 0.15) is 5.78 Å². The molecule has 0 bridgehead atoms. The van der Waals surface area contributed by atoms with Crippen molar-refractivity contribution in [1.82, 2.24) is 0 Å². The van der Waals surface area contributed by atoms with Gasteiger partial charge in [-0.05, 0) is 12.0 Å². The highest BCUT2D eigenvalue weighted by Gasteiger charge is 2.39. The summed E-state index contributed by atoms with van der Waals surface area (Å²) in [5.41, 5.74) is 0.826. The Kier molecular flexibility index (Phi) is 2.54. The number of Topliss-reactive ketones (excluding diaryl/α,β-unsaturated/α-hetero) is 1. The van der Waals surface area contributed by atoms with Gasteiger partial charge in [0.15, 0.2) is 0 Å². The fourth-order valence-electron chi connectivity index (χ4n) is 2.19. The van der Waals surface area contributed by atoms with Crippen LogP contribution in [0.2, 0.25) is 0 Å². The van der Waals surface area contributed by atoms with Gasteiger partial charge in [-0.3, -0.25) is 9.59 Å². The molecule has 1 aliphatic rings. The number of benzene rings is 1. The van der Waals surface area contributed by atoms with Crippen LogP contribution in [-0.4, -0.2) is 16.9 Å². The summed E-state index contributed by atoms with van der Waals surface area (Å²) in [6.45, 7) is 0. The first-order valence-electron chi connectivity index (χ1n) is 5.00. The second kappa shape index (κ2) is 3.85. The van der Waals surface area contributed by atoms with Crippen molar-refractivity contribution in [2.24, 2.45) is 5.92 Å². The van der Waals surface area contributed by atoms with E-state index in [1.807, 2.05) is 30.3 Å². The number of carbonyl (C=O) groups is 2. The molecule has 1 aromatic carbocycles. The van der Waals surface area contributed by atoms with E-state index in [2.05, 4.69) is 0 Å². The lowest BCUT2D eigenvalue weighted by atomic mass is 9.88. The molecule has 3 heteroatoms. The van der Waals surface area contributed by atoms with Crippen molar-refractivity contribution in [3.8, 4) is 0 Å². The molecule has 0 radical (unpaired) electrons. The fraction of sp³-hybridized carbons (Fsp3) is 0.333. The third-order valence-corrected chi connectivity index (χ3v) is 2.93. The van der Waals surface area contributed by atoms with E-state index < -0.39 is 17.8 Å². The molecular formula is C12H12O3. The lowest BCUT2D eigenvalue weighted by Gasteiger charge is -2.14. The Morgan fingerprint density at radius 2 is 1.93 bits per heavy atom. The van der Waals surface area contributed by atoms with Crippen molar-refractivity contribution < 1.29 is 14.7 Å². The average molecular weight is 204 g/mol. The molecule has 3 nitrogen and oxygen atoms in total. The Morgan fingerprint density at radius 1 is 1.27 bits per heavy atom. The van der Waals surface area contributed by atoms with Crippen LogP contribution in [0.5, 0.6) is 0 Å². The van der Waals surface area contributed by atoms with Crippen LogP contribution in [0.25, 0.3) is 0 Å². The topological polar surface area (TPSA) is 54.4 Å². The molecule has 1 N–H and O–H groups in total. The van der Waals surface area contributed by atoms with Crippen molar-refractivity contribution in [3.63, 3.8) is 0 Å². The van der Waals surface area contributed by atoms with Gasteiger partial charge >= 0.3 is 5.97 Å². The third-order valence-electron chi connectivity index (χ3n) is 2.93. The quantitative estimate of drug-likeness (QED) is 0.799. The van der Waals surface area contributed by atoms with E-state index in [0.717, 1.165) is 5.56 Å². The summed E-state index contributed by atoms with van der Waals surface area (Å²) in [6.07, 6.45) is 0.851. The summed E-state index contributed by atoms with van der Waals surface area (Å²) < 4.78 is 0. The van der Waals surface area contributed by atoms with Crippen LogP contribution in [0.3, 0.4) is 0 Å². The van der Waals surface area contributed by atoms with Crippen LogP contribution < -0.4 is 0 Å². The lowest BCUT2D eigenvalue weighted by molar-refractivity contribution is -0.142. The lowest BCUT2D eigenvalue weighted by Crippen LogP contribution is -2.20. The molecule has 0 spiro atoms. The molecule has 2 rings (SSSR count). The molecule has 1 saturated carbocycles. The monoisotopic (exact) mass is 204 g/mol. The first kappa shape index (κ1) is 9.90. The molecule has 0 aliphatic heterocycles. The Labute approximate surface area is 87.7 Å². The number of hydrogen-bond acceptors (Lipinski definition) is 2. The maximum atomic E-state index is 11.6. The summed E-state index contributed by atoms with van der Waals surface area (Å²) >= 11 is 0. The Morgan fingerprint density at radius 3 is 2.53 bits per heavy atom. The zero-order valence-corrected chi connectivity index (χ0v) is 8.22. The minimum Gasteiger partial charge on any atom is -0.481 e. The standard InChI is InChI=1S/C12H12O3/c13-10-7-6-9(12(14)15)11(10)8-4-2-1-3-5-8/h1-5,9,11H,6-7H2,(H,14,15)/t9-,11-/m0/s1. The fourth-order valence-corrected chi connectivity index (χ4v) is 2.19. The van der Waals surface area contributed by atoms with Gasteiger partial charge in [-0.15, -0.1) is 0 Å². The number of carboxylic acids is 1. The number of carbonyl (C=O) groups excluding carboxylic acids is 1. The molecule has 0 aromatic heterocycles. The van der Waals surface area contributed by atoms with Crippen molar-refractivity contribution in [1.29, 1.82) is 0 Å². The molecule has 0 amide bonds. The van der Waals surface area contributed by atoms with E-state index in [-0.39, 0.29) is 5.78 Å². The highest BCUT2D eigenvalue weighted by atomic mass is 16.4. The second-order valence-electron chi connectivity index (χ2n) is 3.84. The largest absolute Gasteiger partial charge is 0.481 e. The number of ketones is 1. The van der Waals surface area contributed by atoms with Crippen LogP contribution in [0.4, 0.5) is 0 Å². The third kappa shape index (κ3) is 1.77. The van der Waals surface area contributed by atoms with Gasteiger partial charge in [0.25, 0.3) is 0 Å². The molecule has 78 valence electrons. The van der Waals surface area contributed by atoms with E-state index in [4.69, 9.17) is 5.11 Å². The average Bonchev–Trinajstić information content (AvgIpc) is 2.61. The highest BCUT2D eigenvalue weighted by Crippen LogP contribution is 2.36. The Balaban J connectivity index is 2.33. The maximum Gasteiger partial charge on any atom is 0.307 e. The summed E-state index contributed by atoms with van der Waals surface area (Å²) in [7, 11) is 0. The van der Waals surface area contributed by atoms with Gasteiger partial charge in [-0.1, -0.05) is 30.3 Å². The Hall–Kier alpha value is -1.64. The molecule has 1 fully saturated rings. The van der Waals surface area contributed by atoms with Crippen LogP contribution in [-0.2, 0) is 9.59 Å².